The molecule has 0 saturated heterocycles. The molecule has 0 heterocycles. The van der Waals surface area contributed by atoms with Crippen LogP contribution >= 0.6 is 0 Å². The first-order valence-electron chi connectivity index (χ1n) is 3.42. The molecule has 0 radical (unpaired) electrons. The molecule has 14 heavy (non-hydrogen) atoms. The third-order valence-electron chi connectivity index (χ3n) is 1.60. The molecule has 0 aliphatic rings. The molecule has 0 bridgehead atoms. The van der Waals surface area contributed by atoms with Crippen molar-refractivity contribution in [1.29, 1.82) is 0 Å². The highest BCUT2D eigenvalue weighted by Crippen LogP contribution is 2.29. The van der Waals surface area contributed by atoms with Crippen LogP contribution in [-0.4, -0.2) is 15.3 Å². The van der Waals surface area contributed by atoms with Crippen LogP contribution in [0.4, 0.5) is 11.4 Å². The molecule has 2 N–H and O–H groups in total. The second-order valence-corrected chi connectivity index (χ2v) is 2.46. The molecule has 0 fully saturated rings. The number of aryl methyl sites for hydroxylation is 1. The highest BCUT2D eigenvalue weighted by atomic mass is 16.6. The highest BCUT2D eigenvalue weighted by molar-refractivity contribution is 5.56. The van der Waals surface area contributed by atoms with Crippen molar-refractivity contribution in [3.8, 4) is 0 Å². The third-order valence-corrected chi connectivity index (χ3v) is 1.60. The number of hydrogen-bond donors (Lipinski definition) is 0. The Hall–Kier alpha value is -2.02. The lowest BCUT2D eigenvalue weighted by molar-refractivity contribution is -0.422. The fourth-order valence-corrected chi connectivity index (χ4v) is 1.03. The number of nitro groups is 2. The van der Waals surface area contributed by atoms with Crippen LogP contribution < -0.4 is 0 Å². The number of benzene rings is 1. The zero-order valence-electron chi connectivity index (χ0n) is 7.26. The molecule has 1 aromatic carbocycles. The summed E-state index contributed by atoms with van der Waals surface area (Å²) in [6, 6.07) is 4.00. The van der Waals surface area contributed by atoms with Crippen molar-refractivity contribution < 1.29 is 15.3 Å². The highest BCUT2D eigenvalue weighted by Gasteiger charge is 2.25. The topological polar surface area (TPSA) is 118 Å². The molecule has 7 heteroatoms. The Morgan fingerprint density at radius 2 is 1.71 bits per heavy atom. The van der Waals surface area contributed by atoms with Crippen molar-refractivity contribution in [3.05, 3.63) is 44.0 Å². The molecule has 0 spiro atoms. The summed E-state index contributed by atoms with van der Waals surface area (Å²) < 4.78 is 0. The number of para-hydroxylation sites is 1. The zero-order chi connectivity index (χ0) is 10.0. The maximum atomic E-state index is 10.4. The zero-order valence-corrected chi connectivity index (χ0v) is 7.26. The number of nitrogens with zero attached hydrogens (tertiary/aromatic N) is 2. The largest absolute Gasteiger partial charge is 0.412 e. The van der Waals surface area contributed by atoms with Gasteiger partial charge in [-0.15, -0.1) is 0 Å². The molecule has 0 aliphatic heterocycles. The quantitative estimate of drug-likeness (QED) is 0.522. The van der Waals surface area contributed by atoms with Crippen LogP contribution in [0.5, 0.6) is 0 Å². The van der Waals surface area contributed by atoms with Crippen LogP contribution in [-0.2, 0) is 0 Å². The van der Waals surface area contributed by atoms with Gasteiger partial charge >= 0.3 is 11.4 Å². The third kappa shape index (κ3) is 2.02. The van der Waals surface area contributed by atoms with Gasteiger partial charge in [-0.05, 0) is 6.92 Å². The van der Waals surface area contributed by atoms with Crippen LogP contribution in [0.15, 0.2) is 18.2 Å². The van der Waals surface area contributed by atoms with E-state index in [0.29, 0.717) is 5.56 Å². The van der Waals surface area contributed by atoms with Crippen LogP contribution in [0, 0.1) is 27.2 Å². The normalized spacial score (nSPS) is 8.93. The van der Waals surface area contributed by atoms with Crippen molar-refractivity contribution in [2.24, 2.45) is 0 Å². The molecule has 0 unspecified atom stereocenters. The summed E-state index contributed by atoms with van der Waals surface area (Å²) in [7, 11) is 0. The monoisotopic (exact) mass is 200 g/mol. The first kappa shape index (κ1) is 12.0. The van der Waals surface area contributed by atoms with Crippen LogP contribution in [0.2, 0.25) is 0 Å². The molecule has 1 rings (SSSR count). The molecule has 0 aromatic heterocycles. The second-order valence-electron chi connectivity index (χ2n) is 2.46. The summed E-state index contributed by atoms with van der Waals surface area (Å²) in [5.74, 6) is 0. The van der Waals surface area contributed by atoms with Crippen LogP contribution in [0.1, 0.15) is 5.56 Å². The molecule has 0 atom stereocenters. The Balaban J connectivity index is 0.00000169. The fraction of sp³-hybridized carbons (Fsp3) is 0.143. The van der Waals surface area contributed by atoms with E-state index < -0.39 is 21.2 Å². The SMILES string of the molecule is Cc1cccc([N+](=O)[O-])c1[N+](=O)[O-].O. The first-order valence-corrected chi connectivity index (χ1v) is 3.42. The minimum Gasteiger partial charge on any atom is -0.412 e. The van der Waals surface area contributed by atoms with Gasteiger partial charge in [0.15, 0.2) is 0 Å². The average Bonchev–Trinajstić information content (AvgIpc) is 2.02. The maximum Gasteiger partial charge on any atom is 0.348 e. The van der Waals surface area contributed by atoms with E-state index in [2.05, 4.69) is 0 Å². The fourth-order valence-electron chi connectivity index (χ4n) is 1.03. The lowest BCUT2D eigenvalue weighted by atomic mass is 10.2. The number of hydrogen-bond acceptors (Lipinski definition) is 4. The predicted molar refractivity (Wildman–Crippen MR) is 48.1 cm³/mol. The minimum atomic E-state index is -0.759. The Labute approximate surface area is 78.6 Å². The van der Waals surface area contributed by atoms with E-state index in [1.807, 2.05) is 0 Å². The van der Waals surface area contributed by atoms with Gasteiger partial charge in [-0.2, -0.15) is 0 Å². The summed E-state index contributed by atoms with van der Waals surface area (Å²) in [5.41, 5.74) is -0.614. The molecule has 0 amide bonds. The molecule has 0 aliphatic carbocycles. The van der Waals surface area contributed by atoms with E-state index in [-0.39, 0.29) is 5.48 Å². The van der Waals surface area contributed by atoms with E-state index in [0.717, 1.165) is 6.07 Å². The van der Waals surface area contributed by atoms with E-state index in [1.54, 1.807) is 0 Å². The summed E-state index contributed by atoms with van der Waals surface area (Å²) in [4.78, 5) is 19.3. The van der Waals surface area contributed by atoms with E-state index in [1.165, 1.54) is 19.1 Å². The van der Waals surface area contributed by atoms with E-state index >= 15 is 0 Å². The molecule has 1 aromatic rings. The first-order chi connectivity index (χ1) is 6.04. The summed E-state index contributed by atoms with van der Waals surface area (Å²) in [6.45, 7) is 1.46. The molecular weight excluding hydrogens is 192 g/mol. The van der Waals surface area contributed by atoms with Gasteiger partial charge in [0.05, 0.1) is 9.85 Å². The van der Waals surface area contributed by atoms with Gasteiger partial charge in [-0.25, -0.2) is 0 Å². The second kappa shape index (κ2) is 4.28. The van der Waals surface area contributed by atoms with Crippen molar-refractivity contribution in [2.45, 2.75) is 6.92 Å². The Morgan fingerprint density at radius 3 is 2.07 bits per heavy atom. The maximum absolute atomic E-state index is 10.4. The summed E-state index contributed by atoms with van der Waals surface area (Å²) >= 11 is 0. The summed E-state index contributed by atoms with van der Waals surface area (Å²) in [6.07, 6.45) is 0. The lowest BCUT2D eigenvalue weighted by Crippen LogP contribution is -1.98. The van der Waals surface area contributed by atoms with Crippen molar-refractivity contribution in [3.63, 3.8) is 0 Å². The van der Waals surface area contributed by atoms with Gasteiger partial charge in [-0.1, -0.05) is 12.1 Å². The standard InChI is InChI=1S/C7H6N2O4.H2O/c1-5-3-2-4-6(8(10)11)7(5)9(12)13;/h2-4H,1H3;1H2. The van der Waals surface area contributed by atoms with E-state index in [9.17, 15) is 20.2 Å². The molecule has 0 saturated carbocycles. The average molecular weight is 200 g/mol. The number of rotatable bonds is 2. The molecule has 7 nitrogen and oxygen atoms in total. The van der Waals surface area contributed by atoms with Crippen molar-refractivity contribution >= 4 is 11.4 Å². The smallest absolute Gasteiger partial charge is 0.348 e. The van der Waals surface area contributed by atoms with Crippen molar-refractivity contribution in [2.75, 3.05) is 0 Å². The molecule has 76 valence electrons. The van der Waals surface area contributed by atoms with Gasteiger partial charge in [0, 0.05) is 11.6 Å². The van der Waals surface area contributed by atoms with Crippen molar-refractivity contribution in [1.82, 2.24) is 0 Å². The Kier molecular flexibility index (Phi) is 3.66. The van der Waals surface area contributed by atoms with E-state index in [4.69, 9.17) is 0 Å². The molecular formula is C7H8N2O5. The Bertz CT molecular complexity index is 376. The Morgan fingerprint density at radius 1 is 1.14 bits per heavy atom. The van der Waals surface area contributed by atoms with Crippen LogP contribution in [0.3, 0.4) is 0 Å². The van der Waals surface area contributed by atoms with Gasteiger partial charge in [0.2, 0.25) is 0 Å². The van der Waals surface area contributed by atoms with Gasteiger partial charge in [0.25, 0.3) is 0 Å². The predicted octanol–water partition coefficient (Wildman–Crippen LogP) is 0.987. The summed E-state index contributed by atoms with van der Waals surface area (Å²) in [5, 5.41) is 20.8. The lowest BCUT2D eigenvalue weighted by Gasteiger charge is -1.96. The van der Waals surface area contributed by atoms with Gasteiger partial charge in [-0.3, -0.25) is 20.2 Å². The number of nitro benzene ring substituents is 2. The van der Waals surface area contributed by atoms with Gasteiger partial charge < -0.3 is 5.48 Å². The van der Waals surface area contributed by atoms with Gasteiger partial charge in [0.1, 0.15) is 0 Å². The minimum absolute atomic E-state index is 0. The van der Waals surface area contributed by atoms with Crippen LogP contribution in [0.25, 0.3) is 0 Å².